The summed E-state index contributed by atoms with van der Waals surface area (Å²) in [5.74, 6) is 0. The van der Waals surface area contributed by atoms with Crippen LogP contribution in [0.25, 0.3) is 0 Å². The van der Waals surface area contributed by atoms with Crippen LogP contribution in [0.4, 0.5) is 4.39 Å². The molecule has 0 saturated carbocycles. The monoisotopic (exact) mass is 142 g/mol. The molecule has 0 aliphatic rings. The standard InChI is InChI=1S/C9H15F/c1-3-5-6-9(4-2)7-8-10/h5-7H,3-4,8H2,1-2H3/b6-5-,9-7-. The lowest BCUT2D eigenvalue weighted by Gasteiger charge is -1.92. The Balaban J connectivity index is 3.82. The second-order valence-electron chi connectivity index (χ2n) is 2.10. The highest BCUT2D eigenvalue weighted by Gasteiger charge is 1.84. The summed E-state index contributed by atoms with van der Waals surface area (Å²) >= 11 is 0. The van der Waals surface area contributed by atoms with Gasteiger partial charge >= 0.3 is 0 Å². The van der Waals surface area contributed by atoms with Gasteiger partial charge in [-0.05, 0) is 12.8 Å². The van der Waals surface area contributed by atoms with Crippen LogP contribution in [0.5, 0.6) is 0 Å². The predicted molar refractivity (Wildman–Crippen MR) is 43.8 cm³/mol. The zero-order chi connectivity index (χ0) is 7.82. The molecule has 0 unspecified atom stereocenters. The molecule has 0 aliphatic carbocycles. The van der Waals surface area contributed by atoms with Crippen LogP contribution >= 0.6 is 0 Å². The lowest BCUT2D eigenvalue weighted by molar-refractivity contribution is 0.559. The predicted octanol–water partition coefficient (Wildman–Crippen LogP) is 3.26. The largest absolute Gasteiger partial charge is 0.247 e. The molecular weight excluding hydrogens is 127 g/mol. The Morgan fingerprint density at radius 2 is 2.10 bits per heavy atom. The zero-order valence-corrected chi connectivity index (χ0v) is 6.73. The fourth-order valence-electron chi connectivity index (χ4n) is 0.699. The molecule has 58 valence electrons. The van der Waals surface area contributed by atoms with E-state index >= 15 is 0 Å². The van der Waals surface area contributed by atoms with Crippen molar-refractivity contribution in [3.8, 4) is 0 Å². The molecule has 0 heterocycles. The lowest BCUT2D eigenvalue weighted by atomic mass is 10.2. The van der Waals surface area contributed by atoms with Gasteiger partial charge in [0.05, 0.1) is 0 Å². The zero-order valence-electron chi connectivity index (χ0n) is 6.73. The van der Waals surface area contributed by atoms with Crippen LogP contribution in [0, 0.1) is 0 Å². The topological polar surface area (TPSA) is 0 Å². The molecule has 1 heteroatoms. The number of hydrogen-bond donors (Lipinski definition) is 0. The van der Waals surface area contributed by atoms with Crippen LogP contribution < -0.4 is 0 Å². The second kappa shape index (κ2) is 6.53. The minimum atomic E-state index is -0.350. The Morgan fingerprint density at radius 1 is 1.40 bits per heavy atom. The third-order valence-electron chi connectivity index (χ3n) is 1.32. The molecular formula is C9H15F. The molecule has 0 saturated heterocycles. The van der Waals surface area contributed by atoms with E-state index in [2.05, 4.69) is 6.92 Å². The summed E-state index contributed by atoms with van der Waals surface area (Å²) < 4.78 is 11.7. The molecule has 0 aliphatic heterocycles. The van der Waals surface area contributed by atoms with Crippen LogP contribution in [0.1, 0.15) is 26.7 Å². The van der Waals surface area contributed by atoms with Gasteiger partial charge in [-0.3, -0.25) is 0 Å². The lowest BCUT2D eigenvalue weighted by Crippen LogP contribution is -1.75. The van der Waals surface area contributed by atoms with E-state index in [9.17, 15) is 4.39 Å². The Kier molecular flexibility index (Phi) is 6.14. The summed E-state index contributed by atoms with van der Waals surface area (Å²) in [6.07, 6.45) is 7.58. The second-order valence-corrected chi connectivity index (χ2v) is 2.10. The molecule has 0 bridgehead atoms. The molecule has 0 aromatic heterocycles. The van der Waals surface area contributed by atoms with Gasteiger partial charge in [-0.2, -0.15) is 0 Å². The first-order valence-electron chi connectivity index (χ1n) is 3.76. The number of hydrogen-bond acceptors (Lipinski definition) is 0. The number of allylic oxidation sites excluding steroid dienone is 4. The molecule has 0 rings (SSSR count). The van der Waals surface area contributed by atoms with Gasteiger partial charge in [-0.25, -0.2) is 4.39 Å². The summed E-state index contributed by atoms with van der Waals surface area (Å²) in [5.41, 5.74) is 1.09. The maximum absolute atomic E-state index is 11.7. The van der Waals surface area contributed by atoms with Crippen molar-refractivity contribution in [1.29, 1.82) is 0 Å². The van der Waals surface area contributed by atoms with Crippen LogP contribution in [-0.2, 0) is 0 Å². The molecule has 0 fully saturated rings. The number of halogens is 1. The molecule has 0 atom stereocenters. The summed E-state index contributed by atoms with van der Waals surface area (Å²) in [4.78, 5) is 0. The van der Waals surface area contributed by atoms with Gasteiger partial charge in [0.1, 0.15) is 6.67 Å². The first-order chi connectivity index (χ1) is 4.85. The van der Waals surface area contributed by atoms with Gasteiger partial charge in [0, 0.05) is 0 Å². The number of rotatable bonds is 4. The van der Waals surface area contributed by atoms with Crippen molar-refractivity contribution < 1.29 is 4.39 Å². The van der Waals surface area contributed by atoms with Gasteiger partial charge in [0.2, 0.25) is 0 Å². The van der Waals surface area contributed by atoms with E-state index in [0.717, 1.165) is 18.4 Å². The maximum Gasteiger partial charge on any atom is 0.108 e. The SMILES string of the molecule is CC/C=C\C(=C/CF)CC. The molecule has 0 amide bonds. The Hall–Kier alpha value is -0.590. The minimum absolute atomic E-state index is 0.350. The molecule has 0 spiro atoms. The van der Waals surface area contributed by atoms with Crippen molar-refractivity contribution in [2.45, 2.75) is 26.7 Å². The van der Waals surface area contributed by atoms with Gasteiger partial charge in [-0.15, -0.1) is 0 Å². The Bertz CT molecular complexity index is 123. The van der Waals surface area contributed by atoms with Gasteiger partial charge in [0.25, 0.3) is 0 Å². The van der Waals surface area contributed by atoms with E-state index in [1.54, 1.807) is 6.08 Å². The van der Waals surface area contributed by atoms with E-state index in [1.165, 1.54) is 0 Å². The Labute approximate surface area is 62.4 Å². The van der Waals surface area contributed by atoms with Gasteiger partial charge < -0.3 is 0 Å². The van der Waals surface area contributed by atoms with E-state index in [4.69, 9.17) is 0 Å². The van der Waals surface area contributed by atoms with Gasteiger partial charge in [-0.1, -0.05) is 37.6 Å². The quantitative estimate of drug-likeness (QED) is 0.528. The van der Waals surface area contributed by atoms with Crippen LogP contribution in [0.15, 0.2) is 23.8 Å². The molecule has 10 heavy (non-hydrogen) atoms. The Morgan fingerprint density at radius 3 is 2.50 bits per heavy atom. The van der Waals surface area contributed by atoms with E-state index in [1.807, 2.05) is 19.1 Å². The average molecular weight is 142 g/mol. The molecule has 0 nitrogen and oxygen atoms in total. The van der Waals surface area contributed by atoms with Crippen molar-refractivity contribution in [2.24, 2.45) is 0 Å². The third kappa shape index (κ3) is 4.30. The minimum Gasteiger partial charge on any atom is -0.247 e. The van der Waals surface area contributed by atoms with Crippen molar-refractivity contribution in [3.63, 3.8) is 0 Å². The summed E-state index contributed by atoms with van der Waals surface area (Å²) in [5, 5.41) is 0. The third-order valence-corrected chi connectivity index (χ3v) is 1.32. The number of alkyl halides is 1. The molecule has 0 aromatic carbocycles. The van der Waals surface area contributed by atoms with Crippen LogP contribution in [0.2, 0.25) is 0 Å². The highest BCUT2D eigenvalue weighted by molar-refractivity contribution is 5.17. The van der Waals surface area contributed by atoms with E-state index < -0.39 is 0 Å². The fourth-order valence-corrected chi connectivity index (χ4v) is 0.699. The average Bonchev–Trinajstić information content (AvgIpc) is 1.98. The highest BCUT2D eigenvalue weighted by Crippen LogP contribution is 2.02. The first-order valence-corrected chi connectivity index (χ1v) is 3.76. The van der Waals surface area contributed by atoms with E-state index in [-0.39, 0.29) is 6.67 Å². The summed E-state index contributed by atoms with van der Waals surface area (Å²) in [6.45, 7) is 3.75. The van der Waals surface area contributed by atoms with E-state index in [0.29, 0.717) is 0 Å². The van der Waals surface area contributed by atoms with Gasteiger partial charge in [0.15, 0.2) is 0 Å². The first kappa shape index (κ1) is 9.41. The van der Waals surface area contributed by atoms with Crippen molar-refractivity contribution in [3.05, 3.63) is 23.8 Å². The van der Waals surface area contributed by atoms with Crippen molar-refractivity contribution in [1.82, 2.24) is 0 Å². The summed E-state index contributed by atoms with van der Waals surface area (Å²) in [7, 11) is 0. The fraction of sp³-hybridized carbons (Fsp3) is 0.556. The van der Waals surface area contributed by atoms with Crippen LogP contribution in [-0.4, -0.2) is 6.67 Å². The molecule has 0 aromatic rings. The smallest absolute Gasteiger partial charge is 0.108 e. The maximum atomic E-state index is 11.7. The van der Waals surface area contributed by atoms with Crippen LogP contribution in [0.3, 0.4) is 0 Å². The molecule has 0 radical (unpaired) electrons. The summed E-state index contributed by atoms with van der Waals surface area (Å²) in [6, 6.07) is 0. The van der Waals surface area contributed by atoms with Crippen molar-refractivity contribution in [2.75, 3.05) is 6.67 Å². The highest BCUT2D eigenvalue weighted by atomic mass is 19.1. The normalized spacial score (nSPS) is 12.9. The molecule has 0 N–H and O–H groups in total. The van der Waals surface area contributed by atoms with Crippen molar-refractivity contribution >= 4 is 0 Å².